The first-order chi connectivity index (χ1) is 55.5. The average molecular weight is 1430 g/mol. The first-order valence-electron chi connectivity index (χ1n) is 37.7. The van der Waals surface area contributed by atoms with Crippen LogP contribution in [0.15, 0.2) is 400 Å². The van der Waals surface area contributed by atoms with Crippen molar-refractivity contribution in [2.24, 2.45) is 0 Å². The number of aromatic nitrogens is 10. The van der Waals surface area contributed by atoms with Gasteiger partial charge in [0, 0.05) is 99.2 Å². The Kier molecular flexibility index (Phi) is 16.0. The summed E-state index contributed by atoms with van der Waals surface area (Å²) in [5, 5.41) is 9.81. The minimum absolute atomic E-state index is 0.621. The minimum Gasteiger partial charge on any atom is -0.309 e. The zero-order valence-electron chi connectivity index (χ0n) is 60.6. The zero-order chi connectivity index (χ0) is 74.0. The number of para-hydroxylation sites is 6. The summed E-state index contributed by atoms with van der Waals surface area (Å²) in [6, 6.07) is 141. The van der Waals surface area contributed by atoms with E-state index in [1.807, 2.05) is 72.8 Å². The number of nitrogens with zero attached hydrogens (tertiary/aromatic N) is 10. The molecule has 0 bridgehead atoms. The van der Waals surface area contributed by atoms with Crippen LogP contribution in [-0.4, -0.2) is 48.2 Å². The van der Waals surface area contributed by atoms with E-state index in [9.17, 15) is 0 Å². The molecule has 10 heteroatoms. The summed E-state index contributed by atoms with van der Waals surface area (Å²) in [6.45, 7) is 0. The SMILES string of the molecule is c1ccc(-c2ccc(-c3nc(-c4ccccc4)nc(-c4cccc(-n5c6ccccc6c6cc7c8ccccc8n(-c8ccccc8)c7cc65)c4)n3)cc2)cc1.c1ccc(-c2cccc(-c3nc(-c4ccccc4)nc(-c4ccc(-n5c6ccccc6c6cc7c8ccccc8n(-c8ccccc8)c7cc65)cc4)n3)c2)cc1. The van der Waals surface area contributed by atoms with E-state index in [0.717, 1.165) is 100 Å². The molecule has 0 aliphatic rings. The molecule has 22 rings (SSSR count). The molecule has 0 N–H and O–H groups in total. The third kappa shape index (κ3) is 11.5. The van der Waals surface area contributed by atoms with Crippen molar-refractivity contribution in [1.29, 1.82) is 0 Å². The van der Waals surface area contributed by atoms with Gasteiger partial charge in [-0.25, -0.2) is 29.9 Å². The summed E-state index contributed by atoms with van der Waals surface area (Å²) in [5.74, 6) is 3.79. The summed E-state index contributed by atoms with van der Waals surface area (Å²) in [7, 11) is 0. The quantitative estimate of drug-likeness (QED) is 0.121. The number of hydrogen-bond donors (Lipinski definition) is 0. The summed E-state index contributed by atoms with van der Waals surface area (Å²) in [5.41, 5.74) is 23.8. The Hall–Kier alpha value is -15.3. The normalized spacial score (nSPS) is 11.6. The third-order valence-corrected chi connectivity index (χ3v) is 21.5. The lowest BCUT2D eigenvalue weighted by atomic mass is 10.0. The Morgan fingerprint density at radius 1 is 0.125 bits per heavy atom. The van der Waals surface area contributed by atoms with Crippen LogP contribution in [0.25, 0.3) is 201 Å². The molecule has 524 valence electrons. The van der Waals surface area contributed by atoms with Crippen LogP contribution < -0.4 is 0 Å². The maximum absolute atomic E-state index is 5.12. The maximum atomic E-state index is 5.12. The van der Waals surface area contributed by atoms with E-state index in [2.05, 4.69) is 346 Å². The Bertz CT molecular complexity index is 7320. The predicted octanol–water partition coefficient (Wildman–Crippen LogP) is 25.5. The van der Waals surface area contributed by atoms with Crippen molar-refractivity contribution in [2.45, 2.75) is 0 Å². The first kappa shape index (κ1) is 65.1. The molecule has 0 unspecified atom stereocenters. The second kappa shape index (κ2) is 27.5. The topological polar surface area (TPSA) is 97.1 Å². The number of rotatable bonds is 12. The molecular formula is C102H66N10. The molecule has 112 heavy (non-hydrogen) atoms. The van der Waals surface area contributed by atoms with Gasteiger partial charge in [0.25, 0.3) is 0 Å². The van der Waals surface area contributed by atoms with Gasteiger partial charge in [0.15, 0.2) is 34.9 Å². The van der Waals surface area contributed by atoms with E-state index in [1.165, 1.54) is 65.2 Å². The van der Waals surface area contributed by atoms with Gasteiger partial charge in [0.2, 0.25) is 0 Å². The van der Waals surface area contributed by atoms with Gasteiger partial charge in [-0.2, -0.15) is 0 Å². The Morgan fingerprint density at radius 2 is 0.357 bits per heavy atom. The standard InChI is InChI=1S/2C51H33N5/c1-4-15-34(16-5-1)37-19-14-20-38(31-37)51-53-49(35-17-6-2-7-18-35)52-50(54-51)36-27-29-40(30-28-36)56-46-26-13-11-24-42(46)44-32-43-41-23-10-12-25-45(41)55(47(43)33-48(44)56)39-21-8-3-9-22-39;1-4-15-34(16-5-1)35-27-29-37(30-28-35)50-52-49(36-17-6-2-7-18-36)53-51(54-50)38-19-14-22-40(31-38)56-46-26-13-11-24-42(46)44-32-43-41-23-10-12-25-45(41)55(47(43)33-48(44)56)39-20-8-3-9-21-39/h2*1-33H. The lowest BCUT2D eigenvalue weighted by molar-refractivity contribution is 1.07. The van der Waals surface area contributed by atoms with E-state index in [1.54, 1.807) is 0 Å². The van der Waals surface area contributed by atoms with Crippen LogP contribution in [0, 0.1) is 0 Å². The number of hydrogen-bond acceptors (Lipinski definition) is 6. The molecule has 22 aromatic rings. The van der Waals surface area contributed by atoms with Crippen molar-refractivity contribution in [3.8, 4) is 113 Å². The summed E-state index contributed by atoms with van der Waals surface area (Å²) in [4.78, 5) is 30.3. The number of benzene rings is 16. The fourth-order valence-electron chi connectivity index (χ4n) is 16.3. The second-order valence-electron chi connectivity index (χ2n) is 28.2. The molecule has 0 fully saturated rings. The zero-order valence-corrected chi connectivity index (χ0v) is 60.6. The van der Waals surface area contributed by atoms with Crippen molar-refractivity contribution >= 4 is 87.2 Å². The molecule has 6 heterocycles. The molecule has 10 nitrogen and oxygen atoms in total. The molecule has 0 saturated heterocycles. The average Bonchev–Trinajstić information content (AvgIpc) is 1.56. The third-order valence-electron chi connectivity index (χ3n) is 21.5. The fraction of sp³-hybridized carbons (Fsp3) is 0. The van der Waals surface area contributed by atoms with E-state index in [0.29, 0.717) is 34.9 Å². The Morgan fingerprint density at radius 3 is 0.741 bits per heavy atom. The molecule has 16 aromatic carbocycles. The van der Waals surface area contributed by atoms with Gasteiger partial charge in [0.1, 0.15) is 0 Å². The lowest BCUT2D eigenvalue weighted by Gasteiger charge is -2.12. The van der Waals surface area contributed by atoms with Gasteiger partial charge in [-0.05, 0) is 138 Å². The molecular weight excluding hydrogens is 1370 g/mol. The molecule has 0 aliphatic carbocycles. The largest absolute Gasteiger partial charge is 0.309 e. The summed E-state index contributed by atoms with van der Waals surface area (Å²) in [6.07, 6.45) is 0. The van der Waals surface area contributed by atoms with E-state index >= 15 is 0 Å². The Labute approximate surface area is 645 Å². The van der Waals surface area contributed by atoms with Gasteiger partial charge in [-0.1, -0.05) is 285 Å². The molecule has 0 amide bonds. The van der Waals surface area contributed by atoms with Crippen LogP contribution in [0.2, 0.25) is 0 Å². The summed E-state index contributed by atoms with van der Waals surface area (Å²) >= 11 is 0. The van der Waals surface area contributed by atoms with Crippen LogP contribution in [0.5, 0.6) is 0 Å². The summed E-state index contributed by atoms with van der Waals surface area (Å²) < 4.78 is 9.52. The molecule has 0 atom stereocenters. The van der Waals surface area contributed by atoms with E-state index < -0.39 is 0 Å². The Balaban J connectivity index is 0.000000141. The van der Waals surface area contributed by atoms with Crippen molar-refractivity contribution in [2.75, 3.05) is 0 Å². The van der Waals surface area contributed by atoms with Crippen LogP contribution >= 0.6 is 0 Å². The number of fused-ring (bicyclic) bond motifs is 12. The van der Waals surface area contributed by atoms with Crippen molar-refractivity contribution in [3.63, 3.8) is 0 Å². The van der Waals surface area contributed by atoms with Gasteiger partial charge < -0.3 is 18.3 Å². The molecule has 0 aliphatic heterocycles. The minimum atomic E-state index is 0.621. The van der Waals surface area contributed by atoms with E-state index in [-0.39, 0.29) is 0 Å². The molecule has 0 radical (unpaired) electrons. The highest BCUT2D eigenvalue weighted by atomic mass is 15.1. The van der Waals surface area contributed by atoms with Crippen LogP contribution in [0.4, 0.5) is 0 Å². The van der Waals surface area contributed by atoms with Crippen LogP contribution in [0.3, 0.4) is 0 Å². The van der Waals surface area contributed by atoms with Crippen molar-refractivity contribution < 1.29 is 0 Å². The molecule has 0 spiro atoms. The predicted molar refractivity (Wildman–Crippen MR) is 460 cm³/mol. The highest BCUT2D eigenvalue weighted by molar-refractivity contribution is 6.21. The molecule has 6 aromatic heterocycles. The van der Waals surface area contributed by atoms with Crippen LogP contribution in [-0.2, 0) is 0 Å². The monoisotopic (exact) mass is 1430 g/mol. The lowest BCUT2D eigenvalue weighted by Crippen LogP contribution is -2.01. The molecule has 0 saturated carbocycles. The van der Waals surface area contributed by atoms with Crippen LogP contribution in [0.1, 0.15) is 0 Å². The van der Waals surface area contributed by atoms with Gasteiger partial charge in [-0.15, -0.1) is 0 Å². The van der Waals surface area contributed by atoms with Gasteiger partial charge in [-0.3, -0.25) is 0 Å². The highest BCUT2D eigenvalue weighted by Crippen LogP contribution is 2.43. The smallest absolute Gasteiger partial charge is 0.164 e. The van der Waals surface area contributed by atoms with Crippen molar-refractivity contribution in [3.05, 3.63) is 400 Å². The van der Waals surface area contributed by atoms with Gasteiger partial charge >= 0.3 is 0 Å². The highest BCUT2D eigenvalue weighted by Gasteiger charge is 2.23. The maximum Gasteiger partial charge on any atom is 0.164 e. The van der Waals surface area contributed by atoms with Crippen molar-refractivity contribution in [1.82, 2.24) is 48.2 Å². The first-order valence-corrected chi connectivity index (χ1v) is 37.7. The fourth-order valence-corrected chi connectivity index (χ4v) is 16.3. The van der Waals surface area contributed by atoms with Gasteiger partial charge in [0.05, 0.1) is 44.1 Å². The van der Waals surface area contributed by atoms with E-state index in [4.69, 9.17) is 29.9 Å². The second-order valence-corrected chi connectivity index (χ2v) is 28.2.